The van der Waals surface area contributed by atoms with Crippen LogP contribution in [0.5, 0.6) is 5.75 Å². The lowest BCUT2D eigenvalue weighted by Gasteiger charge is -2.16. The van der Waals surface area contributed by atoms with Crippen molar-refractivity contribution in [2.24, 2.45) is 0 Å². The van der Waals surface area contributed by atoms with Gasteiger partial charge < -0.3 is 13.8 Å². The molecule has 0 saturated carbocycles. The Hall–Kier alpha value is -2.86. The predicted molar refractivity (Wildman–Crippen MR) is 99.6 cm³/mol. The zero-order valence-electron chi connectivity index (χ0n) is 13.8. The molecule has 4 aromatic rings. The Morgan fingerprint density at radius 3 is 2.54 bits per heavy atom. The Balaban J connectivity index is 1.62. The highest BCUT2D eigenvalue weighted by atomic mass is 79.9. The van der Waals surface area contributed by atoms with Crippen LogP contribution in [0.3, 0.4) is 0 Å². The number of hydrogen-bond donors (Lipinski definition) is 0. The minimum Gasteiger partial charge on any atom is -0.488 e. The molecule has 128 valence electrons. The maximum Gasteiger partial charge on any atom is 0.196 e. The largest absolute Gasteiger partial charge is 0.488 e. The van der Waals surface area contributed by atoms with Gasteiger partial charge in [-0.1, -0.05) is 56.6 Å². The van der Waals surface area contributed by atoms with Gasteiger partial charge in [0.25, 0.3) is 0 Å². The Bertz CT molecular complexity index is 1120. The van der Waals surface area contributed by atoms with Crippen LogP contribution >= 0.6 is 15.9 Å². The molecule has 0 atom stereocenters. The van der Waals surface area contributed by atoms with Crippen molar-refractivity contribution in [2.45, 2.75) is 13.5 Å². The van der Waals surface area contributed by atoms with Gasteiger partial charge in [0.15, 0.2) is 17.2 Å². The van der Waals surface area contributed by atoms with Crippen molar-refractivity contribution in [3.05, 3.63) is 64.1 Å². The second kappa shape index (κ2) is 5.85. The maximum absolute atomic E-state index is 5.89. The van der Waals surface area contributed by atoms with E-state index in [2.05, 4.69) is 26.2 Å². The summed E-state index contributed by atoms with van der Waals surface area (Å²) in [6, 6.07) is 15.7. The SMILES string of the molecule is Cc1c(-c2onc3c2COc2cc(Br)ccc2-3)noc1-c1ccccc1. The molecule has 0 spiro atoms. The molecular formula is C20H13BrN2O3. The number of halogens is 1. The van der Waals surface area contributed by atoms with Gasteiger partial charge in [0.1, 0.15) is 18.1 Å². The van der Waals surface area contributed by atoms with Crippen LogP contribution in [0, 0.1) is 6.92 Å². The van der Waals surface area contributed by atoms with Crippen LogP contribution in [0.4, 0.5) is 0 Å². The molecule has 0 aliphatic carbocycles. The van der Waals surface area contributed by atoms with Crippen LogP contribution in [0.25, 0.3) is 34.0 Å². The van der Waals surface area contributed by atoms with E-state index in [1.807, 2.05) is 55.5 Å². The zero-order chi connectivity index (χ0) is 17.7. The van der Waals surface area contributed by atoms with E-state index in [9.17, 15) is 0 Å². The first-order valence-electron chi connectivity index (χ1n) is 8.15. The molecule has 26 heavy (non-hydrogen) atoms. The first kappa shape index (κ1) is 15.4. The highest BCUT2D eigenvalue weighted by Gasteiger charge is 2.29. The van der Waals surface area contributed by atoms with E-state index in [0.717, 1.165) is 43.9 Å². The van der Waals surface area contributed by atoms with Gasteiger partial charge in [0.2, 0.25) is 0 Å². The molecule has 1 aliphatic rings. The molecular weight excluding hydrogens is 396 g/mol. The third-order valence-electron chi connectivity index (χ3n) is 4.53. The summed E-state index contributed by atoms with van der Waals surface area (Å²) >= 11 is 3.46. The van der Waals surface area contributed by atoms with Crippen molar-refractivity contribution in [2.75, 3.05) is 0 Å². The smallest absolute Gasteiger partial charge is 0.196 e. The second-order valence-corrected chi connectivity index (χ2v) is 7.04. The molecule has 5 nitrogen and oxygen atoms in total. The molecule has 6 heteroatoms. The number of aromatic nitrogens is 2. The van der Waals surface area contributed by atoms with Gasteiger partial charge in [-0.05, 0) is 25.1 Å². The molecule has 0 N–H and O–H groups in total. The maximum atomic E-state index is 5.89. The fourth-order valence-corrected chi connectivity index (χ4v) is 3.55. The van der Waals surface area contributed by atoms with Crippen molar-refractivity contribution >= 4 is 15.9 Å². The van der Waals surface area contributed by atoms with Crippen LogP contribution in [-0.4, -0.2) is 10.3 Å². The van der Waals surface area contributed by atoms with Crippen LogP contribution < -0.4 is 4.74 Å². The minimum atomic E-state index is 0.380. The Morgan fingerprint density at radius 2 is 1.69 bits per heavy atom. The van der Waals surface area contributed by atoms with Gasteiger partial charge >= 0.3 is 0 Å². The van der Waals surface area contributed by atoms with Crippen molar-refractivity contribution in [3.63, 3.8) is 0 Å². The number of rotatable bonds is 2. The third-order valence-corrected chi connectivity index (χ3v) is 5.03. The van der Waals surface area contributed by atoms with E-state index < -0.39 is 0 Å². The minimum absolute atomic E-state index is 0.380. The summed E-state index contributed by atoms with van der Waals surface area (Å²) in [6.07, 6.45) is 0. The van der Waals surface area contributed by atoms with Crippen molar-refractivity contribution in [1.29, 1.82) is 0 Å². The number of nitrogens with zero attached hydrogens (tertiary/aromatic N) is 2. The summed E-state index contributed by atoms with van der Waals surface area (Å²) in [7, 11) is 0. The fourth-order valence-electron chi connectivity index (χ4n) is 3.21. The number of benzene rings is 2. The summed E-state index contributed by atoms with van der Waals surface area (Å²) in [4.78, 5) is 0. The lowest BCUT2D eigenvalue weighted by Crippen LogP contribution is -2.05. The highest BCUT2D eigenvalue weighted by molar-refractivity contribution is 9.10. The molecule has 1 aliphatic heterocycles. The number of ether oxygens (including phenoxy) is 1. The molecule has 0 radical (unpaired) electrons. The van der Waals surface area contributed by atoms with E-state index in [-0.39, 0.29) is 0 Å². The van der Waals surface area contributed by atoms with E-state index in [0.29, 0.717) is 18.1 Å². The molecule has 3 heterocycles. The normalized spacial score (nSPS) is 12.4. The molecule has 0 unspecified atom stereocenters. The first-order chi connectivity index (χ1) is 12.7. The lowest BCUT2D eigenvalue weighted by atomic mass is 10.00. The van der Waals surface area contributed by atoms with E-state index in [1.165, 1.54) is 0 Å². The summed E-state index contributed by atoms with van der Waals surface area (Å²) in [6.45, 7) is 2.35. The molecule has 0 bridgehead atoms. The van der Waals surface area contributed by atoms with Crippen molar-refractivity contribution in [3.8, 4) is 39.8 Å². The van der Waals surface area contributed by atoms with Crippen LogP contribution in [0.15, 0.2) is 62.0 Å². The standard InChI is InChI=1S/C20H13BrN2O3/c1-11-17(22-25-19(11)12-5-3-2-4-6-12)20-15-10-24-16-9-13(21)7-8-14(16)18(15)23-26-20/h2-9H,10H2,1H3. The fraction of sp³-hybridized carbons (Fsp3) is 0.100. The van der Waals surface area contributed by atoms with E-state index in [1.54, 1.807) is 0 Å². The number of hydrogen-bond acceptors (Lipinski definition) is 5. The summed E-state index contributed by atoms with van der Waals surface area (Å²) in [5.41, 5.74) is 5.13. The lowest BCUT2D eigenvalue weighted by molar-refractivity contribution is 0.302. The number of fused-ring (bicyclic) bond motifs is 3. The molecule has 0 fully saturated rings. The van der Waals surface area contributed by atoms with Crippen LogP contribution in [-0.2, 0) is 6.61 Å². The van der Waals surface area contributed by atoms with E-state index >= 15 is 0 Å². The van der Waals surface area contributed by atoms with Gasteiger partial charge in [-0.3, -0.25) is 0 Å². The third kappa shape index (κ3) is 2.29. The van der Waals surface area contributed by atoms with Crippen molar-refractivity contribution < 1.29 is 13.8 Å². The molecule has 5 rings (SSSR count). The average molecular weight is 409 g/mol. The molecule has 2 aromatic carbocycles. The summed E-state index contributed by atoms with van der Waals surface area (Å²) in [5.74, 6) is 2.11. The summed E-state index contributed by atoms with van der Waals surface area (Å²) in [5, 5.41) is 8.52. The van der Waals surface area contributed by atoms with Crippen molar-refractivity contribution in [1.82, 2.24) is 10.3 Å². The molecule has 0 saturated heterocycles. The van der Waals surface area contributed by atoms with Gasteiger partial charge in [0, 0.05) is 21.2 Å². The van der Waals surface area contributed by atoms with Crippen LogP contribution in [0.1, 0.15) is 11.1 Å². The predicted octanol–water partition coefficient (Wildman–Crippen LogP) is 5.63. The average Bonchev–Trinajstić information content (AvgIpc) is 3.25. The molecule has 0 amide bonds. The summed E-state index contributed by atoms with van der Waals surface area (Å²) < 4.78 is 18.1. The second-order valence-electron chi connectivity index (χ2n) is 6.12. The van der Waals surface area contributed by atoms with Gasteiger partial charge in [-0.25, -0.2) is 0 Å². The first-order valence-corrected chi connectivity index (χ1v) is 8.95. The quantitative estimate of drug-likeness (QED) is 0.430. The Kier molecular flexibility index (Phi) is 3.46. The Labute approximate surface area is 157 Å². The van der Waals surface area contributed by atoms with Crippen LogP contribution in [0.2, 0.25) is 0 Å². The molecule has 2 aromatic heterocycles. The van der Waals surface area contributed by atoms with E-state index in [4.69, 9.17) is 13.8 Å². The zero-order valence-corrected chi connectivity index (χ0v) is 15.4. The van der Waals surface area contributed by atoms with Gasteiger partial charge in [-0.15, -0.1) is 0 Å². The topological polar surface area (TPSA) is 61.3 Å². The Morgan fingerprint density at radius 1 is 0.923 bits per heavy atom. The van der Waals surface area contributed by atoms with Gasteiger partial charge in [0.05, 0.1) is 5.56 Å². The monoisotopic (exact) mass is 408 g/mol. The van der Waals surface area contributed by atoms with Gasteiger partial charge in [-0.2, -0.15) is 0 Å². The highest BCUT2D eigenvalue weighted by Crippen LogP contribution is 2.43.